The van der Waals surface area contributed by atoms with Crippen molar-refractivity contribution in [3.63, 3.8) is 0 Å². The van der Waals surface area contributed by atoms with E-state index in [1.807, 2.05) is 6.92 Å². The first-order valence-electron chi connectivity index (χ1n) is 4.92. The van der Waals surface area contributed by atoms with Gasteiger partial charge in [0.25, 0.3) is 0 Å². The molecule has 0 unspecified atom stereocenters. The topological polar surface area (TPSA) is 83.7 Å². The van der Waals surface area contributed by atoms with Gasteiger partial charge in [0.15, 0.2) is 0 Å². The third kappa shape index (κ3) is 2.68. The number of nitrogens with two attached hydrogens (primary N) is 1. The second kappa shape index (κ2) is 4.77. The van der Waals surface area contributed by atoms with E-state index in [4.69, 9.17) is 5.73 Å². The molecule has 0 aromatic rings. The standard InChI is InChI=1S/C9H15N3O3/c1-2-11-5-6-12(4-3-7(10)13)9(15)8(11)14/h2-6H2,1H3,(H2,10,13). The van der Waals surface area contributed by atoms with Crippen molar-refractivity contribution in [2.45, 2.75) is 13.3 Å². The Morgan fingerprint density at radius 3 is 2.33 bits per heavy atom. The molecule has 2 N–H and O–H groups in total. The van der Waals surface area contributed by atoms with Crippen molar-refractivity contribution >= 4 is 17.7 Å². The van der Waals surface area contributed by atoms with E-state index in [-0.39, 0.29) is 13.0 Å². The minimum Gasteiger partial charge on any atom is -0.370 e. The Hall–Kier alpha value is -1.59. The Labute approximate surface area is 88.0 Å². The first-order chi connectivity index (χ1) is 7.06. The molecule has 1 rings (SSSR count). The van der Waals surface area contributed by atoms with Gasteiger partial charge in [-0.25, -0.2) is 0 Å². The molecule has 0 aliphatic carbocycles. The lowest BCUT2D eigenvalue weighted by Gasteiger charge is -2.32. The third-order valence-corrected chi connectivity index (χ3v) is 2.41. The van der Waals surface area contributed by atoms with Gasteiger partial charge in [-0.1, -0.05) is 0 Å². The number of likely N-dealkylation sites (N-methyl/N-ethyl adjacent to an activating group) is 1. The lowest BCUT2D eigenvalue weighted by Crippen LogP contribution is -2.54. The molecule has 0 bridgehead atoms. The molecule has 15 heavy (non-hydrogen) atoms. The van der Waals surface area contributed by atoms with Gasteiger partial charge in [0, 0.05) is 32.6 Å². The molecule has 0 aromatic carbocycles. The van der Waals surface area contributed by atoms with E-state index >= 15 is 0 Å². The van der Waals surface area contributed by atoms with E-state index in [0.29, 0.717) is 19.6 Å². The molecular weight excluding hydrogens is 198 g/mol. The molecule has 0 radical (unpaired) electrons. The van der Waals surface area contributed by atoms with Gasteiger partial charge >= 0.3 is 11.8 Å². The van der Waals surface area contributed by atoms with Gasteiger partial charge in [0.2, 0.25) is 5.91 Å². The third-order valence-electron chi connectivity index (χ3n) is 2.41. The van der Waals surface area contributed by atoms with E-state index in [9.17, 15) is 14.4 Å². The maximum Gasteiger partial charge on any atom is 0.312 e. The number of amides is 3. The fraction of sp³-hybridized carbons (Fsp3) is 0.667. The minimum atomic E-state index is -0.538. The van der Waals surface area contributed by atoms with Crippen LogP contribution < -0.4 is 5.73 Å². The van der Waals surface area contributed by atoms with Crippen LogP contribution in [0.2, 0.25) is 0 Å². The predicted octanol–water partition coefficient (Wildman–Crippen LogP) is -1.45. The van der Waals surface area contributed by atoms with Crippen LogP contribution in [0.4, 0.5) is 0 Å². The average Bonchev–Trinajstić information content (AvgIpc) is 2.20. The van der Waals surface area contributed by atoms with Crippen molar-refractivity contribution in [2.24, 2.45) is 5.73 Å². The quantitative estimate of drug-likeness (QED) is 0.580. The molecule has 1 fully saturated rings. The number of carbonyl (C=O) groups is 3. The first kappa shape index (κ1) is 11.5. The molecule has 0 atom stereocenters. The maximum atomic E-state index is 11.5. The molecule has 3 amide bonds. The summed E-state index contributed by atoms with van der Waals surface area (Å²) in [7, 11) is 0. The second-order valence-corrected chi connectivity index (χ2v) is 3.39. The van der Waals surface area contributed by atoms with Crippen LogP contribution >= 0.6 is 0 Å². The van der Waals surface area contributed by atoms with Gasteiger partial charge in [0.05, 0.1) is 0 Å². The monoisotopic (exact) mass is 213 g/mol. The van der Waals surface area contributed by atoms with Crippen LogP contribution in [0.25, 0.3) is 0 Å². The molecule has 1 aliphatic rings. The average molecular weight is 213 g/mol. The van der Waals surface area contributed by atoms with Crippen LogP contribution in [0.1, 0.15) is 13.3 Å². The summed E-state index contributed by atoms with van der Waals surface area (Å²) in [6.07, 6.45) is 0.102. The van der Waals surface area contributed by atoms with E-state index < -0.39 is 17.7 Å². The molecule has 6 heteroatoms. The van der Waals surface area contributed by atoms with Gasteiger partial charge in [-0.15, -0.1) is 0 Å². The lowest BCUT2D eigenvalue weighted by atomic mass is 10.2. The van der Waals surface area contributed by atoms with Gasteiger partial charge in [-0.2, -0.15) is 0 Å². The second-order valence-electron chi connectivity index (χ2n) is 3.39. The Balaban J connectivity index is 2.53. The normalized spacial score (nSPS) is 17.1. The number of hydrogen-bond donors (Lipinski definition) is 1. The van der Waals surface area contributed by atoms with Crippen molar-refractivity contribution in [1.29, 1.82) is 0 Å². The van der Waals surface area contributed by atoms with E-state index in [2.05, 4.69) is 0 Å². The number of piperazine rings is 1. The van der Waals surface area contributed by atoms with E-state index in [1.54, 1.807) is 0 Å². The summed E-state index contributed by atoms with van der Waals surface area (Å²) in [5, 5.41) is 0. The highest BCUT2D eigenvalue weighted by molar-refractivity contribution is 6.35. The molecule has 0 saturated carbocycles. The molecule has 1 saturated heterocycles. The van der Waals surface area contributed by atoms with Gasteiger partial charge in [0.1, 0.15) is 0 Å². The van der Waals surface area contributed by atoms with Crippen molar-refractivity contribution in [1.82, 2.24) is 9.80 Å². The summed E-state index contributed by atoms with van der Waals surface area (Å²) in [5.41, 5.74) is 4.97. The molecule has 1 heterocycles. The molecule has 0 spiro atoms. The van der Waals surface area contributed by atoms with Crippen LogP contribution in [-0.2, 0) is 14.4 Å². The summed E-state index contributed by atoms with van der Waals surface area (Å²) in [4.78, 5) is 36.3. The number of nitrogens with zero attached hydrogens (tertiary/aromatic N) is 2. The smallest absolute Gasteiger partial charge is 0.312 e. The lowest BCUT2D eigenvalue weighted by molar-refractivity contribution is -0.156. The number of primary amides is 1. The van der Waals surface area contributed by atoms with Crippen LogP contribution in [0.3, 0.4) is 0 Å². The van der Waals surface area contributed by atoms with Crippen LogP contribution in [0.15, 0.2) is 0 Å². The van der Waals surface area contributed by atoms with E-state index in [0.717, 1.165) is 0 Å². The van der Waals surface area contributed by atoms with Crippen LogP contribution in [0, 0.1) is 0 Å². The van der Waals surface area contributed by atoms with Crippen molar-refractivity contribution in [2.75, 3.05) is 26.2 Å². The summed E-state index contributed by atoms with van der Waals surface area (Å²) < 4.78 is 0. The Morgan fingerprint density at radius 2 is 1.80 bits per heavy atom. The predicted molar refractivity (Wildman–Crippen MR) is 52.6 cm³/mol. The molecule has 84 valence electrons. The highest BCUT2D eigenvalue weighted by Gasteiger charge is 2.31. The fourth-order valence-electron chi connectivity index (χ4n) is 1.48. The summed E-state index contributed by atoms with van der Waals surface area (Å²) in [6.45, 7) is 3.60. The maximum absolute atomic E-state index is 11.5. The van der Waals surface area contributed by atoms with Gasteiger partial charge in [-0.05, 0) is 6.92 Å². The van der Waals surface area contributed by atoms with Gasteiger partial charge in [-0.3, -0.25) is 14.4 Å². The zero-order valence-corrected chi connectivity index (χ0v) is 8.73. The SMILES string of the molecule is CCN1CCN(CCC(N)=O)C(=O)C1=O. The number of carbonyl (C=O) groups excluding carboxylic acids is 3. The number of rotatable bonds is 4. The van der Waals surface area contributed by atoms with Crippen LogP contribution in [-0.4, -0.2) is 53.7 Å². The van der Waals surface area contributed by atoms with Crippen LogP contribution in [0.5, 0.6) is 0 Å². The molecule has 1 aliphatic heterocycles. The Morgan fingerprint density at radius 1 is 1.27 bits per heavy atom. The van der Waals surface area contributed by atoms with Crippen molar-refractivity contribution < 1.29 is 14.4 Å². The highest BCUT2D eigenvalue weighted by atomic mass is 16.2. The zero-order valence-electron chi connectivity index (χ0n) is 8.73. The molecular formula is C9H15N3O3. The molecule has 6 nitrogen and oxygen atoms in total. The zero-order chi connectivity index (χ0) is 11.4. The summed E-state index contributed by atoms with van der Waals surface area (Å²) in [5.74, 6) is -1.49. The van der Waals surface area contributed by atoms with Crippen molar-refractivity contribution in [3.05, 3.63) is 0 Å². The Kier molecular flexibility index (Phi) is 3.65. The van der Waals surface area contributed by atoms with Gasteiger partial charge < -0.3 is 15.5 Å². The minimum absolute atomic E-state index is 0.102. The summed E-state index contributed by atoms with van der Waals surface area (Å²) in [6, 6.07) is 0. The first-order valence-corrected chi connectivity index (χ1v) is 4.92. The van der Waals surface area contributed by atoms with E-state index in [1.165, 1.54) is 9.80 Å². The fourth-order valence-corrected chi connectivity index (χ4v) is 1.48. The highest BCUT2D eigenvalue weighted by Crippen LogP contribution is 2.05. The van der Waals surface area contributed by atoms with Crippen molar-refractivity contribution in [3.8, 4) is 0 Å². The summed E-state index contributed by atoms with van der Waals surface area (Å²) >= 11 is 0. The molecule has 0 aromatic heterocycles. The Bertz CT molecular complexity index is 290. The largest absolute Gasteiger partial charge is 0.370 e. The number of hydrogen-bond acceptors (Lipinski definition) is 3.